The van der Waals surface area contributed by atoms with Crippen LogP contribution in [0.4, 0.5) is 30.2 Å². The molecule has 3 rings (SSSR count). The number of hydrogen-bond donors (Lipinski definition) is 0. The second kappa shape index (κ2) is 6.63. The first kappa shape index (κ1) is 17.1. The lowest BCUT2D eigenvalue weighted by Crippen LogP contribution is -2.14. The van der Waals surface area contributed by atoms with Crippen molar-refractivity contribution in [2.24, 2.45) is 0 Å². The van der Waals surface area contributed by atoms with Gasteiger partial charge in [0.05, 0.1) is 11.4 Å². The largest absolute Gasteiger partial charge is 0.305 e. The van der Waals surface area contributed by atoms with Crippen molar-refractivity contribution < 1.29 is 13.2 Å². The minimum Gasteiger partial charge on any atom is -0.305 e. The van der Waals surface area contributed by atoms with Crippen LogP contribution in [0.1, 0.15) is 16.7 Å². The van der Waals surface area contributed by atoms with E-state index in [0.29, 0.717) is 11.3 Å². The standard InChI is InChI=1S/C21H18F3N/c1-13-4-8-20(18(23)10-13)25(16-7-6-15(3)17(22)12-16)21-9-5-14(2)11-19(21)24/h4-12H,1-3H3. The third kappa shape index (κ3) is 3.38. The van der Waals surface area contributed by atoms with E-state index in [2.05, 4.69) is 0 Å². The average molecular weight is 341 g/mol. The third-order valence-corrected chi connectivity index (χ3v) is 4.10. The summed E-state index contributed by atoms with van der Waals surface area (Å²) in [5.41, 5.74) is 2.65. The van der Waals surface area contributed by atoms with E-state index < -0.39 is 17.5 Å². The second-order valence-electron chi connectivity index (χ2n) is 6.18. The van der Waals surface area contributed by atoms with Gasteiger partial charge < -0.3 is 4.90 Å². The van der Waals surface area contributed by atoms with Gasteiger partial charge in [0.2, 0.25) is 0 Å². The Hall–Kier alpha value is -2.75. The number of rotatable bonds is 3. The molecule has 0 N–H and O–H groups in total. The molecule has 0 amide bonds. The summed E-state index contributed by atoms with van der Waals surface area (Å²) in [5.74, 6) is -1.43. The monoisotopic (exact) mass is 341 g/mol. The van der Waals surface area contributed by atoms with Crippen molar-refractivity contribution in [2.75, 3.05) is 4.90 Å². The van der Waals surface area contributed by atoms with Gasteiger partial charge in [-0.2, -0.15) is 0 Å². The van der Waals surface area contributed by atoms with Gasteiger partial charge in [-0.05, 0) is 73.9 Å². The van der Waals surface area contributed by atoms with Crippen molar-refractivity contribution in [1.82, 2.24) is 0 Å². The predicted octanol–water partition coefficient (Wildman–Crippen LogP) is 6.50. The molecule has 4 heteroatoms. The normalized spacial score (nSPS) is 10.8. The Bertz CT molecular complexity index is 883. The average Bonchev–Trinajstić information content (AvgIpc) is 2.54. The van der Waals surface area contributed by atoms with Gasteiger partial charge in [-0.3, -0.25) is 0 Å². The van der Waals surface area contributed by atoms with Crippen LogP contribution in [0.3, 0.4) is 0 Å². The molecule has 0 saturated heterocycles. The number of benzene rings is 3. The maximum atomic E-state index is 14.6. The number of anilines is 3. The lowest BCUT2D eigenvalue weighted by Gasteiger charge is -2.26. The number of nitrogens with zero attached hydrogens (tertiary/aromatic N) is 1. The predicted molar refractivity (Wildman–Crippen MR) is 95.2 cm³/mol. The summed E-state index contributed by atoms with van der Waals surface area (Å²) in [4.78, 5) is 1.39. The molecule has 0 saturated carbocycles. The molecule has 0 aliphatic heterocycles. The van der Waals surface area contributed by atoms with E-state index in [0.717, 1.165) is 11.1 Å². The summed E-state index contributed by atoms with van der Waals surface area (Å²) in [6.07, 6.45) is 0. The molecule has 1 nitrogen and oxygen atoms in total. The fourth-order valence-electron chi connectivity index (χ4n) is 2.72. The van der Waals surface area contributed by atoms with Crippen LogP contribution in [0, 0.1) is 38.2 Å². The Morgan fingerprint density at radius 3 is 1.56 bits per heavy atom. The highest BCUT2D eigenvalue weighted by molar-refractivity contribution is 5.77. The van der Waals surface area contributed by atoms with Crippen LogP contribution in [0.2, 0.25) is 0 Å². The van der Waals surface area contributed by atoms with Gasteiger partial charge in [0.15, 0.2) is 0 Å². The van der Waals surface area contributed by atoms with E-state index in [1.165, 1.54) is 23.1 Å². The van der Waals surface area contributed by atoms with Crippen LogP contribution in [-0.2, 0) is 0 Å². The van der Waals surface area contributed by atoms with Crippen molar-refractivity contribution in [3.05, 3.63) is 88.7 Å². The molecule has 3 aromatic rings. The second-order valence-corrected chi connectivity index (χ2v) is 6.18. The van der Waals surface area contributed by atoms with E-state index in [1.54, 1.807) is 57.2 Å². The summed E-state index contributed by atoms with van der Waals surface area (Å²) >= 11 is 0. The van der Waals surface area contributed by atoms with Gasteiger partial charge in [0, 0.05) is 5.69 Å². The molecule has 0 aromatic heterocycles. The molecule has 0 bridgehead atoms. The van der Waals surface area contributed by atoms with E-state index in [1.807, 2.05) is 0 Å². The first-order valence-corrected chi connectivity index (χ1v) is 7.95. The molecule has 0 spiro atoms. The van der Waals surface area contributed by atoms with Crippen LogP contribution in [0.5, 0.6) is 0 Å². The molecule has 0 unspecified atom stereocenters. The van der Waals surface area contributed by atoms with E-state index >= 15 is 0 Å². The van der Waals surface area contributed by atoms with Crippen molar-refractivity contribution in [3.63, 3.8) is 0 Å². The highest BCUT2D eigenvalue weighted by Crippen LogP contribution is 2.38. The molecule has 0 radical (unpaired) electrons. The quantitative estimate of drug-likeness (QED) is 0.525. The fraction of sp³-hybridized carbons (Fsp3) is 0.143. The molecule has 3 aromatic carbocycles. The molecule has 0 aliphatic rings. The Morgan fingerprint density at radius 2 is 1.12 bits per heavy atom. The van der Waals surface area contributed by atoms with Crippen molar-refractivity contribution in [3.8, 4) is 0 Å². The van der Waals surface area contributed by atoms with Crippen molar-refractivity contribution in [2.45, 2.75) is 20.8 Å². The van der Waals surface area contributed by atoms with Crippen molar-refractivity contribution in [1.29, 1.82) is 0 Å². The van der Waals surface area contributed by atoms with Crippen molar-refractivity contribution >= 4 is 17.1 Å². The summed E-state index contributed by atoms with van der Waals surface area (Å²) in [6, 6.07) is 13.9. The Morgan fingerprint density at radius 1 is 0.600 bits per heavy atom. The smallest absolute Gasteiger partial charge is 0.147 e. The van der Waals surface area contributed by atoms with E-state index in [9.17, 15) is 13.2 Å². The van der Waals surface area contributed by atoms with Crippen LogP contribution in [0.25, 0.3) is 0 Å². The van der Waals surface area contributed by atoms with Gasteiger partial charge >= 0.3 is 0 Å². The van der Waals surface area contributed by atoms with Gasteiger partial charge in [0.1, 0.15) is 17.5 Å². The molecular formula is C21H18F3N. The molecule has 0 aliphatic carbocycles. The van der Waals surface area contributed by atoms with Gasteiger partial charge in [-0.15, -0.1) is 0 Å². The van der Waals surface area contributed by atoms with Gasteiger partial charge in [-0.25, -0.2) is 13.2 Å². The molecule has 0 fully saturated rings. The van der Waals surface area contributed by atoms with Crippen LogP contribution >= 0.6 is 0 Å². The minimum atomic E-state index is -0.499. The molecule has 0 atom stereocenters. The topological polar surface area (TPSA) is 3.24 Å². The Balaban J connectivity index is 2.25. The Kier molecular flexibility index (Phi) is 4.53. The zero-order valence-electron chi connectivity index (χ0n) is 14.3. The molecule has 128 valence electrons. The zero-order chi connectivity index (χ0) is 18.1. The number of hydrogen-bond acceptors (Lipinski definition) is 1. The molecule has 25 heavy (non-hydrogen) atoms. The molecule has 0 heterocycles. The Labute approximate surface area is 145 Å². The summed E-state index contributed by atoms with van der Waals surface area (Å²) < 4.78 is 43.3. The van der Waals surface area contributed by atoms with Gasteiger partial charge in [-0.1, -0.05) is 18.2 Å². The maximum absolute atomic E-state index is 14.6. The zero-order valence-corrected chi connectivity index (χ0v) is 14.3. The van der Waals surface area contributed by atoms with Crippen LogP contribution < -0.4 is 4.90 Å². The fourth-order valence-corrected chi connectivity index (χ4v) is 2.72. The van der Waals surface area contributed by atoms with E-state index in [4.69, 9.17) is 0 Å². The number of halogens is 3. The summed E-state index contributed by atoms with van der Waals surface area (Å²) in [5, 5.41) is 0. The van der Waals surface area contributed by atoms with Crippen LogP contribution in [-0.4, -0.2) is 0 Å². The van der Waals surface area contributed by atoms with Crippen LogP contribution in [0.15, 0.2) is 54.6 Å². The summed E-state index contributed by atoms with van der Waals surface area (Å²) in [6.45, 7) is 5.19. The lowest BCUT2D eigenvalue weighted by molar-refractivity contribution is 0.613. The first-order chi connectivity index (χ1) is 11.9. The van der Waals surface area contributed by atoms with Gasteiger partial charge in [0.25, 0.3) is 0 Å². The summed E-state index contributed by atoms with van der Waals surface area (Å²) in [7, 11) is 0. The highest BCUT2D eigenvalue weighted by atomic mass is 19.1. The highest BCUT2D eigenvalue weighted by Gasteiger charge is 2.20. The first-order valence-electron chi connectivity index (χ1n) is 7.95. The van der Waals surface area contributed by atoms with E-state index in [-0.39, 0.29) is 11.4 Å². The number of aryl methyl sites for hydroxylation is 3. The molecular weight excluding hydrogens is 323 g/mol. The minimum absolute atomic E-state index is 0.164. The SMILES string of the molecule is Cc1ccc(N(c2ccc(C)c(F)c2)c2ccc(C)cc2F)c(F)c1. The lowest BCUT2D eigenvalue weighted by atomic mass is 10.1. The maximum Gasteiger partial charge on any atom is 0.147 e. The third-order valence-electron chi connectivity index (χ3n) is 4.10.